The van der Waals surface area contributed by atoms with Gasteiger partial charge in [-0.2, -0.15) is 5.26 Å². The van der Waals surface area contributed by atoms with E-state index in [4.69, 9.17) is 5.26 Å². The SMILES string of the molecule is COC(=O)[C@H](Cc1ccccc1)NCC#N. The zero-order chi connectivity index (χ0) is 11.8. The van der Waals surface area contributed by atoms with Gasteiger partial charge in [-0.1, -0.05) is 30.3 Å². The van der Waals surface area contributed by atoms with Crippen molar-refractivity contribution >= 4 is 5.97 Å². The smallest absolute Gasteiger partial charge is 0.323 e. The van der Waals surface area contributed by atoms with Crippen LogP contribution in [-0.2, 0) is 16.0 Å². The first-order chi connectivity index (χ1) is 7.77. The molecule has 0 bridgehead atoms. The summed E-state index contributed by atoms with van der Waals surface area (Å²) in [6.07, 6.45) is 0.523. The molecule has 0 saturated carbocycles. The largest absolute Gasteiger partial charge is 0.468 e. The lowest BCUT2D eigenvalue weighted by atomic mass is 10.1. The second kappa shape index (κ2) is 6.59. The monoisotopic (exact) mass is 218 g/mol. The molecule has 0 heterocycles. The molecule has 1 aromatic rings. The molecule has 0 spiro atoms. The Kier molecular flexibility index (Phi) is 5.03. The van der Waals surface area contributed by atoms with Crippen LogP contribution in [0.1, 0.15) is 5.56 Å². The Hall–Kier alpha value is -1.86. The molecule has 1 rings (SSSR count). The van der Waals surface area contributed by atoms with Crippen LogP contribution in [0.2, 0.25) is 0 Å². The average molecular weight is 218 g/mol. The van der Waals surface area contributed by atoms with Crippen molar-refractivity contribution in [3.63, 3.8) is 0 Å². The number of carbonyl (C=O) groups excluding carboxylic acids is 1. The number of nitrogens with one attached hydrogen (secondary N) is 1. The number of benzene rings is 1. The van der Waals surface area contributed by atoms with Crippen molar-refractivity contribution in [1.29, 1.82) is 5.26 Å². The first-order valence-corrected chi connectivity index (χ1v) is 5.00. The number of esters is 1. The van der Waals surface area contributed by atoms with Gasteiger partial charge in [0, 0.05) is 0 Å². The highest BCUT2D eigenvalue weighted by atomic mass is 16.5. The zero-order valence-electron chi connectivity index (χ0n) is 9.14. The van der Waals surface area contributed by atoms with E-state index in [1.54, 1.807) is 0 Å². The second-order valence-electron chi connectivity index (χ2n) is 3.30. The topological polar surface area (TPSA) is 62.1 Å². The van der Waals surface area contributed by atoms with Crippen LogP contribution in [0.4, 0.5) is 0 Å². The summed E-state index contributed by atoms with van der Waals surface area (Å²) in [5.41, 5.74) is 1.03. The van der Waals surface area contributed by atoms with Gasteiger partial charge in [0.15, 0.2) is 0 Å². The Balaban J connectivity index is 2.64. The maximum Gasteiger partial charge on any atom is 0.323 e. The normalized spacial score (nSPS) is 11.5. The van der Waals surface area contributed by atoms with Crippen LogP contribution in [0.15, 0.2) is 30.3 Å². The maximum atomic E-state index is 11.4. The quantitative estimate of drug-likeness (QED) is 0.588. The zero-order valence-corrected chi connectivity index (χ0v) is 9.14. The molecule has 0 fully saturated rings. The van der Waals surface area contributed by atoms with Gasteiger partial charge in [-0.3, -0.25) is 10.1 Å². The van der Waals surface area contributed by atoms with E-state index in [0.29, 0.717) is 6.42 Å². The van der Waals surface area contributed by atoms with Crippen LogP contribution in [0.25, 0.3) is 0 Å². The van der Waals surface area contributed by atoms with E-state index in [9.17, 15) is 4.79 Å². The molecule has 0 aromatic heterocycles. The maximum absolute atomic E-state index is 11.4. The van der Waals surface area contributed by atoms with Crippen molar-refractivity contribution < 1.29 is 9.53 Å². The summed E-state index contributed by atoms with van der Waals surface area (Å²) in [5.74, 6) is -0.348. The van der Waals surface area contributed by atoms with Gasteiger partial charge in [0.2, 0.25) is 0 Å². The Morgan fingerprint density at radius 3 is 2.75 bits per heavy atom. The number of ether oxygens (including phenoxy) is 1. The molecule has 0 amide bonds. The van der Waals surface area contributed by atoms with Gasteiger partial charge in [0.05, 0.1) is 19.7 Å². The third-order valence-electron chi connectivity index (χ3n) is 2.20. The fraction of sp³-hybridized carbons (Fsp3) is 0.333. The summed E-state index contributed by atoms with van der Waals surface area (Å²) < 4.78 is 4.67. The first kappa shape index (κ1) is 12.2. The Labute approximate surface area is 94.8 Å². The van der Waals surface area contributed by atoms with Crippen LogP contribution >= 0.6 is 0 Å². The van der Waals surface area contributed by atoms with Crippen LogP contribution in [0.3, 0.4) is 0 Å². The van der Waals surface area contributed by atoms with Crippen molar-refractivity contribution in [3.05, 3.63) is 35.9 Å². The van der Waals surface area contributed by atoms with Gasteiger partial charge in [-0.05, 0) is 12.0 Å². The summed E-state index contributed by atoms with van der Waals surface area (Å²) >= 11 is 0. The first-order valence-electron chi connectivity index (χ1n) is 5.00. The molecule has 1 aromatic carbocycles. The summed E-state index contributed by atoms with van der Waals surface area (Å²) in [6, 6.07) is 11.1. The van der Waals surface area contributed by atoms with Gasteiger partial charge >= 0.3 is 5.97 Å². The van der Waals surface area contributed by atoms with E-state index in [2.05, 4.69) is 10.1 Å². The number of rotatable bonds is 5. The molecule has 0 aliphatic rings. The minimum absolute atomic E-state index is 0.132. The fourth-order valence-corrected chi connectivity index (χ4v) is 1.40. The van der Waals surface area contributed by atoms with Crippen LogP contribution in [0.5, 0.6) is 0 Å². The molecular formula is C12H14N2O2. The lowest BCUT2D eigenvalue weighted by molar-refractivity contribution is -0.143. The molecule has 0 aliphatic heterocycles. The minimum atomic E-state index is -0.466. The van der Waals surface area contributed by atoms with Crippen molar-refractivity contribution in [2.24, 2.45) is 0 Å². The fourth-order valence-electron chi connectivity index (χ4n) is 1.40. The van der Waals surface area contributed by atoms with E-state index in [-0.39, 0.29) is 12.5 Å². The predicted octanol–water partition coefficient (Wildman–Crippen LogP) is 0.884. The van der Waals surface area contributed by atoms with E-state index < -0.39 is 6.04 Å². The molecule has 1 N–H and O–H groups in total. The highest BCUT2D eigenvalue weighted by molar-refractivity contribution is 5.76. The average Bonchev–Trinajstić information content (AvgIpc) is 2.34. The molecule has 4 heteroatoms. The number of methoxy groups -OCH3 is 1. The third-order valence-corrected chi connectivity index (χ3v) is 2.20. The van der Waals surface area contributed by atoms with Gasteiger partial charge < -0.3 is 4.74 Å². The summed E-state index contributed by atoms with van der Waals surface area (Å²) in [5, 5.41) is 11.3. The van der Waals surface area contributed by atoms with Crippen molar-refractivity contribution in [1.82, 2.24) is 5.32 Å². The van der Waals surface area contributed by atoms with Gasteiger partial charge in [-0.25, -0.2) is 0 Å². The van der Waals surface area contributed by atoms with Crippen LogP contribution in [-0.4, -0.2) is 25.7 Å². The van der Waals surface area contributed by atoms with Crippen LogP contribution in [0, 0.1) is 11.3 Å². The third kappa shape index (κ3) is 3.71. The Bertz CT molecular complexity index is 370. The van der Waals surface area contributed by atoms with E-state index >= 15 is 0 Å². The summed E-state index contributed by atoms with van der Waals surface area (Å²) in [6.45, 7) is 0.132. The molecule has 0 radical (unpaired) electrons. The molecule has 0 unspecified atom stereocenters. The highest BCUT2D eigenvalue weighted by Crippen LogP contribution is 2.04. The van der Waals surface area contributed by atoms with Crippen LogP contribution < -0.4 is 5.32 Å². The molecule has 84 valence electrons. The van der Waals surface area contributed by atoms with E-state index in [1.807, 2.05) is 36.4 Å². The molecule has 1 atom stereocenters. The second-order valence-corrected chi connectivity index (χ2v) is 3.30. The number of hydrogen-bond donors (Lipinski definition) is 1. The molecule has 16 heavy (non-hydrogen) atoms. The number of nitrogens with zero attached hydrogens (tertiary/aromatic N) is 1. The molecule has 4 nitrogen and oxygen atoms in total. The van der Waals surface area contributed by atoms with Gasteiger partial charge in [0.25, 0.3) is 0 Å². The summed E-state index contributed by atoms with van der Waals surface area (Å²) in [7, 11) is 1.34. The Morgan fingerprint density at radius 1 is 1.50 bits per heavy atom. The number of hydrogen-bond acceptors (Lipinski definition) is 4. The molecule has 0 saturated heterocycles. The van der Waals surface area contributed by atoms with Gasteiger partial charge in [-0.15, -0.1) is 0 Å². The lowest BCUT2D eigenvalue weighted by Gasteiger charge is -2.14. The minimum Gasteiger partial charge on any atom is -0.468 e. The standard InChI is InChI=1S/C12H14N2O2/c1-16-12(15)11(14-8-7-13)9-10-5-3-2-4-6-10/h2-6,11,14H,8-9H2,1H3/t11-/m0/s1. The van der Waals surface area contributed by atoms with Crippen molar-refractivity contribution in [2.75, 3.05) is 13.7 Å². The van der Waals surface area contributed by atoms with Gasteiger partial charge in [0.1, 0.15) is 6.04 Å². The van der Waals surface area contributed by atoms with Crippen molar-refractivity contribution in [2.45, 2.75) is 12.5 Å². The molecule has 0 aliphatic carbocycles. The lowest BCUT2D eigenvalue weighted by Crippen LogP contribution is -2.39. The van der Waals surface area contributed by atoms with E-state index in [0.717, 1.165) is 5.56 Å². The van der Waals surface area contributed by atoms with Crippen molar-refractivity contribution in [3.8, 4) is 6.07 Å². The summed E-state index contributed by atoms with van der Waals surface area (Å²) in [4.78, 5) is 11.4. The van der Waals surface area contributed by atoms with E-state index in [1.165, 1.54) is 7.11 Å². The number of nitriles is 1. The number of carbonyl (C=O) groups is 1. The predicted molar refractivity (Wildman–Crippen MR) is 59.6 cm³/mol. The molecular weight excluding hydrogens is 204 g/mol. The Morgan fingerprint density at radius 2 is 2.19 bits per heavy atom. The highest BCUT2D eigenvalue weighted by Gasteiger charge is 2.18.